The zero-order valence-electron chi connectivity index (χ0n) is 22.1. The Kier molecular flexibility index (Phi) is 9.09. The van der Waals surface area contributed by atoms with Gasteiger partial charge in [-0.3, -0.25) is 14.6 Å². The third kappa shape index (κ3) is 6.45. The monoisotopic (exact) mass is 499 g/mol. The van der Waals surface area contributed by atoms with E-state index >= 15 is 0 Å². The summed E-state index contributed by atoms with van der Waals surface area (Å²) in [6.07, 6.45) is 0. The largest absolute Gasteiger partial charge is 0.465 e. The van der Waals surface area contributed by atoms with Gasteiger partial charge in [-0.25, -0.2) is 4.79 Å². The third-order valence-corrected chi connectivity index (χ3v) is 7.17. The van der Waals surface area contributed by atoms with Crippen molar-refractivity contribution in [1.82, 2.24) is 14.7 Å². The number of ether oxygens (including phenoxy) is 1. The van der Waals surface area contributed by atoms with Crippen molar-refractivity contribution in [3.63, 3.8) is 0 Å². The second-order valence-electron chi connectivity index (χ2n) is 9.42. The molecule has 0 radical (unpaired) electrons. The number of methoxy groups -OCH3 is 1. The molecule has 1 heterocycles. The highest BCUT2D eigenvalue weighted by atomic mass is 16.5. The van der Waals surface area contributed by atoms with Crippen LogP contribution in [0.25, 0.3) is 0 Å². The van der Waals surface area contributed by atoms with Gasteiger partial charge in [-0.15, -0.1) is 0 Å². The van der Waals surface area contributed by atoms with E-state index in [4.69, 9.17) is 4.74 Å². The average molecular weight is 500 g/mol. The number of hydrogen-bond donors (Lipinski definition) is 0. The minimum absolute atomic E-state index is 0.0268. The van der Waals surface area contributed by atoms with Crippen LogP contribution in [0.15, 0.2) is 78.9 Å². The van der Waals surface area contributed by atoms with E-state index in [1.165, 1.54) is 12.7 Å². The molecule has 3 aromatic carbocycles. The van der Waals surface area contributed by atoms with Gasteiger partial charge in [0, 0.05) is 51.4 Å². The lowest BCUT2D eigenvalue weighted by atomic mass is 9.94. The van der Waals surface area contributed by atoms with E-state index in [0.29, 0.717) is 24.2 Å². The van der Waals surface area contributed by atoms with Crippen molar-refractivity contribution in [2.45, 2.75) is 26.4 Å². The molecule has 3 aromatic rings. The van der Waals surface area contributed by atoms with Gasteiger partial charge in [-0.05, 0) is 54.8 Å². The van der Waals surface area contributed by atoms with E-state index in [2.05, 4.69) is 58.3 Å². The van der Waals surface area contributed by atoms with Gasteiger partial charge in [0.05, 0.1) is 18.7 Å². The smallest absolute Gasteiger partial charge is 0.337 e. The van der Waals surface area contributed by atoms with Crippen LogP contribution in [0.3, 0.4) is 0 Å². The van der Waals surface area contributed by atoms with Crippen molar-refractivity contribution in [1.29, 1.82) is 0 Å². The first kappa shape index (κ1) is 26.6. The summed E-state index contributed by atoms with van der Waals surface area (Å²) in [4.78, 5) is 31.9. The summed E-state index contributed by atoms with van der Waals surface area (Å²) in [6, 6.07) is 26.2. The van der Waals surface area contributed by atoms with Crippen LogP contribution in [0.5, 0.6) is 0 Å². The van der Waals surface area contributed by atoms with Crippen molar-refractivity contribution < 1.29 is 14.3 Å². The lowest BCUT2D eigenvalue weighted by Crippen LogP contribution is -2.47. The molecule has 194 valence electrons. The van der Waals surface area contributed by atoms with Crippen molar-refractivity contribution in [3.8, 4) is 0 Å². The Hall–Kier alpha value is -3.48. The van der Waals surface area contributed by atoms with Crippen LogP contribution in [0.1, 0.15) is 57.3 Å². The van der Waals surface area contributed by atoms with E-state index < -0.39 is 0 Å². The van der Waals surface area contributed by atoms with Gasteiger partial charge in [0.1, 0.15) is 0 Å². The Morgan fingerprint density at radius 3 is 2.11 bits per heavy atom. The summed E-state index contributed by atoms with van der Waals surface area (Å²) in [5.41, 5.74) is 4.71. The molecule has 1 fully saturated rings. The second kappa shape index (κ2) is 12.7. The van der Waals surface area contributed by atoms with E-state index in [0.717, 1.165) is 43.9 Å². The van der Waals surface area contributed by atoms with E-state index in [1.807, 2.05) is 43.0 Å². The number of benzene rings is 3. The van der Waals surface area contributed by atoms with Crippen molar-refractivity contribution in [3.05, 3.63) is 107 Å². The molecule has 0 aromatic heterocycles. The lowest BCUT2D eigenvalue weighted by molar-refractivity contribution is 0.0599. The minimum atomic E-state index is -0.339. The van der Waals surface area contributed by atoms with Crippen molar-refractivity contribution in [2.75, 3.05) is 46.4 Å². The predicted octanol–water partition coefficient (Wildman–Crippen LogP) is 4.86. The molecule has 6 heteroatoms. The minimum Gasteiger partial charge on any atom is -0.465 e. The van der Waals surface area contributed by atoms with Gasteiger partial charge in [0.2, 0.25) is 0 Å². The van der Waals surface area contributed by atoms with E-state index in [-0.39, 0.29) is 17.9 Å². The molecule has 0 spiro atoms. The molecule has 1 saturated heterocycles. The first-order chi connectivity index (χ1) is 18.0. The molecule has 0 saturated carbocycles. The normalized spacial score (nSPS) is 15.2. The second-order valence-corrected chi connectivity index (χ2v) is 9.42. The van der Waals surface area contributed by atoms with Crippen LogP contribution < -0.4 is 0 Å². The number of carbonyl (C=O) groups excluding carboxylic acids is 2. The molecule has 0 bridgehead atoms. The van der Waals surface area contributed by atoms with Gasteiger partial charge in [0.25, 0.3) is 5.91 Å². The fourth-order valence-electron chi connectivity index (χ4n) is 5.09. The predicted molar refractivity (Wildman–Crippen MR) is 147 cm³/mol. The zero-order chi connectivity index (χ0) is 26.2. The number of amides is 1. The summed E-state index contributed by atoms with van der Waals surface area (Å²) in [6.45, 7) is 10.0. The number of esters is 1. The number of piperazine rings is 1. The molecule has 1 aliphatic rings. The number of hydrogen-bond acceptors (Lipinski definition) is 5. The van der Waals surface area contributed by atoms with Gasteiger partial charge in [0.15, 0.2) is 0 Å². The fourth-order valence-corrected chi connectivity index (χ4v) is 5.09. The Morgan fingerprint density at radius 2 is 1.49 bits per heavy atom. The summed E-state index contributed by atoms with van der Waals surface area (Å²) in [5.74, 6) is -0.288. The maximum atomic E-state index is 12.9. The summed E-state index contributed by atoms with van der Waals surface area (Å²) in [7, 11) is 1.41. The van der Waals surface area contributed by atoms with Gasteiger partial charge in [-0.1, -0.05) is 54.6 Å². The molecule has 0 N–H and O–H groups in total. The molecule has 1 aliphatic heterocycles. The van der Waals surface area contributed by atoms with E-state index in [9.17, 15) is 9.59 Å². The van der Waals surface area contributed by atoms with Gasteiger partial charge < -0.3 is 9.64 Å². The average Bonchev–Trinajstić information content (AvgIpc) is 2.95. The van der Waals surface area contributed by atoms with Crippen LogP contribution in [-0.2, 0) is 11.3 Å². The highest BCUT2D eigenvalue weighted by Gasteiger charge is 2.27. The number of carbonyl (C=O) groups is 2. The topological polar surface area (TPSA) is 53.1 Å². The summed E-state index contributed by atoms with van der Waals surface area (Å²) in [5, 5.41) is 0. The van der Waals surface area contributed by atoms with Crippen LogP contribution in [0, 0.1) is 0 Å². The molecule has 4 rings (SSSR count). The summed E-state index contributed by atoms with van der Waals surface area (Å²) >= 11 is 0. The Labute approximate surface area is 220 Å². The highest BCUT2D eigenvalue weighted by molar-refractivity contribution is 5.94. The van der Waals surface area contributed by atoms with Crippen LogP contribution in [0.2, 0.25) is 0 Å². The molecule has 0 aliphatic carbocycles. The highest BCUT2D eigenvalue weighted by Crippen LogP contribution is 2.31. The maximum Gasteiger partial charge on any atom is 0.337 e. The zero-order valence-corrected chi connectivity index (χ0v) is 22.1. The van der Waals surface area contributed by atoms with Crippen LogP contribution in [-0.4, -0.2) is 73.0 Å². The van der Waals surface area contributed by atoms with Gasteiger partial charge >= 0.3 is 5.97 Å². The number of rotatable bonds is 9. The van der Waals surface area contributed by atoms with Crippen molar-refractivity contribution in [2.24, 2.45) is 0 Å². The molecule has 6 nitrogen and oxygen atoms in total. The first-order valence-electron chi connectivity index (χ1n) is 13.1. The standard InChI is InChI=1S/C31H37N3O3/c1-4-33(5-2)30(35)26-16-14-25(15-17-26)29(27-12-9-13-28(22-27)31(36)37-3)34-20-18-32(19-21-34)23-24-10-7-6-8-11-24/h6-17,22,29H,4-5,18-21,23H2,1-3H3. The van der Waals surface area contributed by atoms with Crippen LogP contribution in [0.4, 0.5) is 0 Å². The lowest BCUT2D eigenvalue weighted by Gasteiger charge is -2.40. The Bertz CT molecular complexity index is 1170. The third-order valence-electron chi connectivity index (χ3n) is 7.17. The Balaban J connectivity index is 1.59. The number of nitrogens with zero attached hydrogens (tertiary/aromatic N) is 3. The summed E-state index contributed by atoms with van der Waals surface area (Å²) < 4.78 is 4.98. The van der Waals surface area contributed by atoms with Gasteiger partial charge in [-0.2, -0.15) is 0 Å². The van der Waals surface area contributed by atoms with E-state index in [1.54, 1.807) is 6.07 Å². The fraction of sp³-hybridized carbons (Fsp3) is 0.355. The molecule has 37 heavy (non-hydrogen) atoms. The Morgan fingerprint density at radius 1 is 0.811 bits per heavy atom. The first-order valence-corrected chi connectivity index (χ1v) is 13.1. The van der Waals surface area contributed by atoms with Crippen molar-refractivity contribution >= 4 is 11.9 Å². The molecule has 1 atom stereocenters. The molecule has 1 unspecified atom stereocenters. The maximum absolute atomic E-state index is 12.9. The molecular weight excluding hydrogens is 462 g/mol. The quantitative estimate of drug-likeness (QED) is 0.394. The molecular formula is C31H37N3O3. The molecule has 1 amide bonds. The van der Waals surface area contributed by atoms with Crippen LogP contribution >= 0.6 is 0 Å². The SMILES string of the molecule is CCN(CC)C(=O)c1ccc(C(c2cccc(C(=O)OC)c2)N2CCN(Cc3ccccc3)CC2)cc1.